The van der Waals surface area contributed by atoms with Crippen molar-refractivity contribution in [2.45, 2.75) is 18.6 Å². The van der Waals surface area contributed by atoms with Crippen molar-refractivity contribution in [3.63, 3.8) is 0 Å². The summed E-state index contributed by atoms with van der Waals surface area (Å²) < 4.78 is 24.4. The lowest BCUT2D eigenvalue weighted by Crippen LogP contribution is -2.31. The highest BCUT2D eigenvalue weighted by molar-refractivity contribution is 7.90. The summed E-state index contributed by atoms with van der Waals surface area (Å²) >= 11 is 0. The molecule has 1 aromatic rings. The van der Waals surface area contributed by atoms with Gasteiger partial charge in [0.05, 0.1) is 17.1 Å². The molecule has 6 heteroatoms. The molecule has 1 fully saturated rings. The maximum absolute atomic E-state index is 12.2. The normalized spacial score (nSPS) is 17.0. The zero-order chi connectivity index (χ0) is 14.6. The van der Waals surface area contributed by atoms with E-state index in [0.717, 1.165) is 25.9 Å². The molecule has 1 aliphatic rings. The number of carbonyl (C=O) groups is 1. The Bertz CT molecular complexity index is 577. The van der Waals surface area contributed by atoms with Crippen LogP contribution in [0.2, 0.25) is 0 Å². The molecule has 0 unspecified atom stereocenters. The summed E-state index contributed by atoms with van der Waals surface area (Å²) in [7, 11) is -3.20. The molecule has 0 bridgehead atoms. The number of carboxylic acids is 1. The van der Waals surface area contributed by atoms with Gasteiger partial charge in [0, 0.05) is 0 Å². The first kappa shape index (κ1) is 15.0. The second-order valence-electron chi connectivity index (χ2n) is 5.25. The van der Waals surface area contributed by atoms with Crippen molar-refractivity contribution in [1.29, 1.82) is 0 Å². The molecule has 0 spiro atoms. The Morgan fingerprint density at radius 3 is 2.65 bits per heavy atom. The quantitative estimate of drug-likeness (QED) is 0.856. The Balaban J connectivity index is 2.03. The fraction of sp³-hybridized carbons (Fsp3) is 0.500. The van der Waals surface area contributed by atoms with Crippen LogP contribution in [0.5, 0.6) is 0 Å². The van der Waals surface area contributed by atoms with Gasteiger partial charge >= 0.3 is 5.97 Å². The smallest absolute Gasteiger partial charge is 0.335 e. The number of hydrogen-bond donors (Lipinski definition) is 2. The third-order valence-electron chi connectivity index (χ3n) is 3.51. The highest BCUT2D eigenvalue weighted by Gasteiger charge is 2.21. The third-order valence-corrected chi connectivity index (χ3v) is 5.26. The molecule has 0 amide bonds. The first-order valence-corrected chi connectivity index (χ1v) is 8.52. The Morgan fingerprint density at radius 1 is 1.30 bits per heavy atom. The molecule has 20 heavy (non-hydrogen) atoms. The lowest BCUT2D eigenvalue weighted by Gasteiger charge is -2.22. The van der Waals surface area contributed by atoms with Crippen LogP contribution in [0.1, 0.15) is 28.8 Å². The lowest BCUT2D eigenvalue weighted by atomic mass is 10.0. The van der Waals surface area contributed by atoms with Crippen LogP contribution in [0.3, 0.4) is 0 Å². The molecule has 1 aliphatic heterocycles. The number of rotatable bonds is 5. The summed E-state index contributed by atoms with van der Waals surface area (Å²) in [5.41, 5.74) is 0.665. The topological polar surface area (TPSA) is 83.5 Å². The van der Waals surface area contributed by atoms with Gasteiger partial charge in [0.25, 0.3) is 0 Å². The van der Waals surface area contributed by atoms with Crippen LogP contribution in [0.15, 0.2) is 24.3 Å². The van der Waals surface area contributed by atoms with Gasteiger partial charge < -0.3 is 10.4 Å². The minimum Gasteiger partial charge on any atom is -0.478 e. The Labute approximate surface area is 118 Å². The number of sulfone groups is 1. The van der Waals surface area contributed by atoms with Crippen molar-refractivity contribution in [3.05, 3.63) is 35.4 Å². The molecule has 2 N–H and O–H groups in total. The summed E-state index contributed by atoms with van der Waals surface area (Å²) in [5.74, 6) is -0.726. The molecule has 1 heterocycles. The van der Waals surface area contributed by atoms with Gasteiger partial charge in [-0.2, -0.15) is 0 Å². The van der Waals surface area contributed by atoms with Crippen LogP contribution in [-0.2, 0) is 15.6 Å². The summed E-state index contributed by atoms with van der Waals surface area (Å²) in [6.07, 6.45) is 1.77. The van der Waals surface area contributed by atoms with E-state index in [0.29, 0.717) is 5.56 Å². The maximum Gasteiger partial charge on any atom is 0.335 e. The van der Waals surface area contributed by atoms with Crippen molar-refractivity contribution in [2.24, 2.45) is 5.92 Å². The van der Waals surface area contributed by atoms with E-state index < -0.39 is 15.8 Å². The predicted molar refractivity (Wildman–Crippen MR) is 76.5 cm³/mol. The van der Waals surface area contributed by atoms with Gasteiger partial charge in [-0.15, -0.1) is 0 Å². The van der Waals surface area contributed by atoms with Gasteiger partial charge in [-0.05, 0) is 49.5 Å². The Kier molecular flexibility index (Phi) is 4.77. The second-order valence-corrected chi connectivity index (χ2v) is 7.36. The zero-order valence-electron chi connectivity index (χ0n) is 11.2. The Hall–Kier alpha value is -1.40. The minimum atomic E-state index is -3.20. The van der Waals surface area contributed by atoms with E-state index in [2.05, 4.69) is 5.32 Å². The van der Waals surface area contributed by atoms with Crippen molar-refractivity contribution in [3.8, 4) is 0 Å². The first-order chi connectivity index (χ1) is 9.46. The van der Waals surface area contributed by atoms with E-state index in [4.69, 9.17) is 5.11 Å². The Morgan fingerprint density at radius 2 is 2.00 bits per heavy atom. The largest absolute Gasteiger partial charge is 0.478 e. The summed E-state index contributed by atoms with van der Waals surface area (Å²) in [6.45, 7) is 1.74. The van der Waals surface area contributed by atoms with Gasteiger partial charge in [0.2, 0.25) is 0 Å². The van der Waals surface area contributed by atoms with Crippen LogP contribution < -0.4 is 5.32 Å². The molecule has 0 aliphatic carbocycles. The van der Waals surface area contributed by atoms with Crippen molar-refractivity contribution in [2.75, 3.05) is 18.8 Å². The predicted octanol–water partition coefficient (Wildman–Crippen LogP) is 1.30. The van der Waals surface area contributed by atoms with Gasteiger partial charge in [-0.1, -0.05) is 12.1 Å². The highest BCUT2D eigenvalue weighted by Crippen LogP contribution is 2.17. The lowest BCUT2D eigenvalue weighted by molar-refractivity contribution is 0.0696. The fourth-order valence-electron chi connectivity index (χ4n) is 2.51. The average Bonchev–Trinajstić information content (AvgIpc) is 2.39. The van der Waals surface area contributed by atoms with E-state index in [-0.39, 0.29) is 23.0 Å². The van der Waals surface area contributed by atoms with Crippen molar-refractivity contribution in [1.82, 2.24) is 5.32 Å². The van der Waals surface area contributed by atoms with Gasteiger partial charge in [-0.3, -0.25) is 0 Å². The molecular weight excluding hydrogens is 278 g/mol. The first-order valence-electron chi connectivity index (χ1n) is 6.70. The standard InChI is InChI=1S/C14H19NO4S/c16-14(17)13-3-1-2-12(8-13)10-20(18,19)9-11-4-6-15-7-5-11/h1-3,8,11,15H,4-7,9-10H2,(H,16,17). The molecule has 110 valence electrons. The molecule has 2 rings (SSSR count). The fourth-order valence-corrected chi connectivity index (χ4v) is 4.37. The van der Waals surface area contributed by atoms with Gasteiger partial charge in [-0.25, -0.2) is 13.2 Å². The molecule has 0 atom stereocenters. The number of carboxylic acid groups (broad SMARTS) is 1. The molecule has 1 saturated heterocycles. The van der Waals surface area contributed by atoms with Crippen LogP contribution in [0, 0.1) is 5.92 Å². The maximum atomic E-state index is 12.2. The average molecular weight is 297 g/mol. The number of nitrogens with one attached hydrogen (secondary N) is 1. The van der Waals surface area contributed by atoms with Crippen LogP contribution in [0.4, 0.5) is 0 Å². The second kappa shape index (κ2) is 6.37. The van der Waals surface area contributed by atoms with Crippen LogP contribution >= 0.6 is 0 Å². The van der Waals surface area contributed by atoms with Crippen LogP contribution in [0.25, 0.3) is 0 Å². The monoisotopic (exact) mass is 297 g/mol. The summed E-state index contributed by atoms with van der Waals surface area (Å²) in [4.78, 5) is 10.9. The minimum absolute atomic E-state index is 0.0853. The zero-order valence-corrected chi connectivity index (χ0v) is 12.0. The van der Waals surface area contributed by atoms with Gasteiger partial charge in [0.15, 0.2) is 9.84 Å². The third kappa shape index (κ3) is 4.31. The number of piperidine rings is 1. The van der Waals surface area contributed by atoms with Gasteiger partial charge in [0.1, 0.15) is 0 Å². The molecular formula is C14H19NO4S. The highest BCUT2D eigenvalue weighted by atomic mass is 32.2. The summed E-state index contributed by atoms with van der Waals surface area (Å²) in [6, 6.07) is 6.14. The van der Waals surface area contributed by atoms with E-state index in [1.54, 1.807) is 12.1 Å². The van der Waals surface area contributed by atoms with E-state index in [9.17, 15) is 13.2 Å². The summed E-state index contributed by atoms with van der Waals surface area (Å²) in [5, 5.41) is 12.1. The van der Waals surface area contributed by atoms with E-state index in [1.165, 1.54) is 12.1 Å². The number of hydrogen-bond acceptors (Lipinski definition) is 4. The number of benzene rings is 1. The molecule has 0 radical (unpaired) electrons. The number of aromatic carboxylic acids is 1. The molecule has 1 aromatic carbocycles. The SMILES string of the molecule is O=C(O)c1cccc(CS(=O)(=O)CC2CCNCC2)c1. The van der Waals surface area contributed by atoms with Crippen molar-refractivity contribution >= 4 is 15.8 Å². The van der Waals surface area contributed by atoms with E-state index >= 15 is 0 Å². The van der Waals surface area contributed by atoms with E-state index in [1.807, 2.05) is 0 Å². The molecule has 5 nitrogen and oxygen atoms in total. The molecule has 0 saturated carbocycles. The molecule has 0 aromatic heterocycles. The van der Waals surface area contributed by atoms with Crippen molar-refractivity contribution < 1.29 is 18.3 Å². The van der Waals surface area contributed by atoms with Crippen LogP contribution in [-0.4, -0.2) is 38.3 Å².